The van der Waals surface area contributed by atoms with Gasteiger partial charge < -0.3 is 14.8 Å². The first kappa shape index (κ1) is 21.6. The Labute approximate surface area is 170 Å². The molecule has 0 bridgehead atoms. The third kappa shape index (κ3) is 6.45. The first-order chi connectivity index (χ1) is 13.4. The minimum Gasteiger partial charge on any atom is -0.496 e. The van der Waals surface area contributed by atoms with Crippen molar-refractivity contribution in [1.82, 2.24) is 5.32 Å². The highest BCUT2D eigenvalue weighted by molar-refractivity contribution is 9.10. The van der Waals surface area contributed by atoms with Gasteiger partial charge in [-0.25, -0.2) is 4.39 Å². The summed E-state index contributed by atoms with van der Waals surface area (Å²) in [6.45, 7) is -0.508. The van der Waals surface area contributed by atoms with Crippen LogP contribution in [0.5, 0.6) is 5.75 Å². The number of amides is 1. The maximum atomic E-state index is 13.5. The van der Waals surface area contributed by atoms with Crippen molar-refractivity contribution in [2.75, 3.05) is 13.7 Å². The first-order valence-electron chi connectivity index (χ1n) is 8.43. The summed E-state index contributed by atoms with van der Waals surface area (Å²) in [5.74, 6) is -1.53. The van der Waals surface area contributed by atoms with Crippen LogP contribution in [-0.2, 0) is 20.9 Å². The van der Waals surface area contributed by atoms with Crippen molar-refractivity contribution in [3.05, 3.63) is 63.9 Å². The van der Waals surface area contributed by atoms with E-state index < -0.39 is 24.3 Å². The van der Waals surface area contributed by atoms with Gasteiger partial charge in [-0.2, -0.15) is 0 Å². The van der Waals surface area contributed by atoms with E-state index in [1.165, 1.54) is 13.2 Å². The Hall–Kier alpha value is -2.74. The number of Topliss-reactive ketones (excluding diaryl/α,β-unsaturated/α-hetero) is 1. The van der Waals surface area contributed by atoms with Gasteiger partial charge in [0.2, 0.25) is 0 Å². The molecule has 0 spiro atoms. The van der Waals surface area contributed by atoms with Crippen molar-refractivity contribution in [2.45, 2.75) is 19.4 Å². The molecular formula is C20H19BrFNO5. The highest BCUT2D eigenvalue weighted by Crippen LogP contribution is 2.24. The van der Waals surface area contributed by atoms with E-state index in [4.69, 9.17) is 9.47 Å². The average molecular weight is 452 g/mol. The van der Waals surface area contributed by atoms with Crippen molar-refractivity contribution in [1.29, 1.82) is 0 Å². The Morgan fingerprint density at radius 3 is 2.57 bits per heavy atom. The topological polar surface area (TPSA) is 81.7 Å². The van der Waals surface area contributed by atoms with Crippen LogP contribution in [0.4, 0.5) is 4.39 Å². The largest absolute Gasteiger partial charge is 0.496 e. The fraction of sp³-hybridized carbons (Fsp3) is 0.250. The van der Waals surface area contributed by atoms with Crippen LogP contribution in [0.2, 0.25) is 0 Å². The summed E-state index contributed by atoms with van der Waals surface area (Å²) in [6, 6.07) is 11.0. The number of carbonyl (C=O) groups is 3. The van der Waals surface area contributed by atoms with Crippen molar-refractivity contribution < 1.29 is 28.2 Å². The summed E-state index contributed by atoms with van der Waals surface area (Å²) >= 11 is 3.28. The summed E-state index contributed by atoms with van der Waals surface area (Å²) in [6.07, 6.45) is -0.252. The lowest BCUT2D eigenvalue weighted by Crippen LogP contribution is -2.28. The minimum absolute atomic E-state index is 0.00970. The van der Waals surface area contributed by atoms with Gasteiger partial charge in [-0.05, 0) is 24.3 Å². The van der Waals surface area contributed by atoms with E-state index in [1.807, 2.05) is 0 Å². The molecule has 2 aromatic rings. The van der Waals surface area contributed by atoms with Crippen LogP contribution in [0.15, 0.2) is 46.9 Å². The van der Waals surface area contributed by atoms with Crippen LogP contribution in [0, 0.1) is 5.82 Å². The molecule has 2 rings (SSSR count). The molecule has 0 aromatic heterocycles. The number of benzene rings is 2. The second-order valence-corrected chi connectivity index (χ2v) is 6.71. The van der Waals surface area contributed by atoms with Crippen molar-refractivity contribution >= 4 is 33.6 Å². The number of methoxy groups -OCH3 is 1. The molecule has 28 heavy (non-hydrogen) atoms. The highest BCUT2D eigenvalue weighted by atomic mass is 79.9. The molecule has 1 N–H and O–H groups in total. The van der Waals surface area contributed by atoms with Crippen LogP contribution in [-0.4, -0.2) is 31.4 Å². The first-order valence-corrected chi connectivity index (χ1v) is 9.22. The summed E-state index contributed by atoms with van der Waals surface area (Å²) in [7, 11) is 1.45. The number of hydrogen-bond donors (Lipinski definition) is 1. The summed E-state index contributed by atoms with van der Waals surface area (Å²) in [5, 5.41) is 2.46. The zero-order valence-electron chi connectivity index (χ0n) is 15.2. The average Bonchev–Trinajstić information content (AvgIpc) is 2.69. The van der Waals surface area contributed by atoms with Gasteiger partial charge in [-0.15, -0.1) is 0 Å². The van der Waals surface area contributed by atoms with Crippen LogP contribution >= 0.6 is 15.9 Å². The Kier molecular flexibility index (Phi) is 8.13. The number of nitrogens with one attached hydrogen (secondary N) is 1. The predicted molar refractivity (Wildman–Crippen MR) is 103 cm³/mol. The quantitative estimate of drug-likeness (QED) is 0.466. The molecule has 0 atom stereocenters. The van der Waals surface area contributed by atoms with Crippen LogP contribution in [0.25, 0.3) is 0 Å². The zero-order chi connectivity index (χ0) is 20.5. The van der Waals surface area contributed by atoms with E-state index in [1.54, 1.807) is 36.4 Å². The van der Waals surface area contributed by atoms with Gasteiger partial charge in [0.15, 0.2) is 12.4 Å². The van der Waals surface area contributed by atoms with Gasteiger partial charge >= 0.3 is 5.97 Å². The van der Waals surface area contributed by atoms with E-state index in [-0.39, 0.29) is 25.2 Å². The molecule has 0 unspecified atom stereocenters. The van der Waals surface area contributed by atoms with Gasteiger partial charge in [-0.3, -0.25) is 14.4 Å². The molecule has 2 aromatic carbocycles. The smallest absolute Gasteiger partial charge is 0.306 e. The van der Waals surface area contributed by atoms with Crippen LogP contribution < -0.4 is 10.1 Å². The molecule has 0 saturated heterocycles. The van der Waals surface area contributed by atoms with Crippen molar-refractivity contribution in [3.63, 3.8) is 0 Å². The number of rotatable bonds is 9. The predicted octanol–water partition coefficient (Wildman–Crippen LogP) is 3.42. The number of halogens is 2. The minimum atomic E-state index is -0.677. The molecule has 0 heterocycles. The number of carbonyl (C=O) groups excluding carboxylic acids is 3. The second kappa shape index (κ2) is 10.6. The summed E-state index contributed by atoms with van der Waals surface area (Å²) in [5.41, 5.74) is 0.683. The number of esters is 1. The number of ether oxygens (including phenoxy) is 2. The third-order valence-corrected chi connectivity index (χ3v) is 4.31. The molecule has 0 aliphatic carbocycles. The van der Waals surface area contributed by atoms with Gasteiger partial charge in [0, 0.05) is 23.0 Å². The van der Waals surface area contributed by atoms with Crippen LogP contribution in [0.1, 0.15) is 28.8 Å². The van der Waals surface area contributed by atoms with E-state index >= 15 is 0 Å². The van der Waals surface area contributed by atoms with Gasteiger partial charge in [-0.1, -0.05) is 34.1 Å². The molecule has 0 aliphatic heterocycles. The van der Waals surface area contributed by atoms with Crippen LogP contribution in [0.3, 0.4) is 0 Å². The zero-order valence-corrected chi connectivity index (χ0v) is 16.8. The molecule has 0 radical (unpaired) electrons. The summed E-state index contributed by atoms with van der Waals surface area (Å²) in [4.78, 5) is 35.8. The van der Waals surface area contributed by atoms with Crippen molar-refractivity contribution in [2.24, 2.45) is 0 Å². The Balaban J connectivity index is 1.75. The van der Waals surface area contributed by atoms with Gasteiger partial charge in [0.1, 0.15) is 11.6 Å². The van der Waals surface area contributed by atoms with E-state index in [0.717, 1.165) is 0 Å². The van der Waals surface area contributed by atoms with E-state index in [9.17, 15) is 18.8 Å². The maximum absolute atomic E-state index is 13.5. The Morgan fingerprint density at radius 1 is 1.11 bits per heavy atom. The molecule has 1 amide bonds. The third-order valence-electron chi connectivity index (χ3n) is 3.82. The Morgan fingerprint density at radius 2 is 1.86 bits per heavy atom. The SMILES string of the molecule is COc1ccc(Br)cc1C(=O)CCC(=O)OCC(=O)NCc1ccccc1F. The molecular weight excluding hydrogens is 433 g/mol. The molecule has 6 nitrogen and oxygen atoms in total. The van der Waals surface area contributed by atoms with Gasteiger partial charge in [0.05, 0.1) is 19.1 Å². The molecule has 8 heteroatoms. The lowest BCUT2D eigenvalue weighted by Gasteiger charge is -2.09. The lowest BCUT2D eigenvalue weighted by molar-refractivity contribution is -0.148. The standard InChI is InChI=1S/C20H19BrFNO5/c1-27-18-8-6-14(21)10-15(18)17(24)7-9-20(26)28-12-19(25)23-11-13-4-2-3-5-16(13)22/h2-6,8,10H,7,9,11-12H2,1H3,(H,23,25). The summed E-state index contributed by atoms with van der Waals surface area (Å²) < 4.78 is 24.2. The fourth-order valence-electron chi connectivity index (χ4n) is 2.35. The number of ketones is 1. The van der Waals surface area contributed by atoms with E-state index in [2.05, 4.69) is 21.2 Å². The monoisotopic (exact) mass is 451 g/mol. The van der Waals surface area contributed by atoms with Gasteiger partial charge in [0.25, 0.3) is 5.91 Å². The molecule has 0 fully saturated rings. The number of hydrogen-bond acceptors (Lipinski definition) is 5. The molecule has 0 aliphatic rings. The lowest BCUT2D eigenvalue weighted by atomic mass is 10.1. The van der Waals surface area contributed by atoms with E-state index in [0.29, 0.717) is 21.3 Å². The maximum Gasteiger partial charge on any atom is 0.306 e. The second-order valence-electron chi connectivity index (χ2n) is 5.80. The molecule has 148 valence electrons. The fourth-order valence-corrected chi connectivity index (χ4v) is 2.71. The highest BCUT2D eigenvalue weighted by Gasteiger charge is 2.16. The Bertz CT molecular complexity index is 871. The van der Waals surface area contributed by atoms with Crippen molar-refractivity contribution in [3.8, 4) is 5.75 Å². The normalized spacial score (nSPS) is 10.2. The molecule has 0 saturated carbocycles.